The molecular formula is C24H42O4. The molecule has 162 valence electrons. The fourth-order valence-electron chi connectivity index (χ4n) is 5.60. The monoisotopic (exact) mass is 394 g/mol. The third-order valence-electron chi connectivity index (χ3n) is 8.49. The van der Waals surface area contributed by atoms with Crippen LogP contribution in [0.5, 0.6) is 0 Å². The van der Waals surface area contributed by atoms with Crippen molar-refractivity contribution in [1.29, 1.82) is 0 Å². The van der Waals surface area contributed by atoms with Gasteiger partial charge in [0.25, 0.3) is 0 Å². The van der Waals surface area contributed by atoms with Crippen LogP contribution in [0.2, 0.25) is 0 Å². The maximum absolute atomic E-state index is 6.31. The molecule has 4 aliphatic rings. The lowest BCUT2D eigenvalue weighted by Gasteiger charge is -2.43. The van der Waals surface area contributed by atoms with Crippen molar-refractivity contribution in [2.75, 3.05) is 39.6 Å². The maximum atomic E-state index is 6.31. The molecule has 0 spiro atoms. The Morgan fingerprint density at radius 1 is 0.607 bits per heavy atom. The van der Waals surface area contributed by atoms with Gasteiger partial charge < -0.3 is 18.9 Å². The van der Waals surface area contributed by atoms with E-state index in [4.69, 9.17) is 18.9 Å². The van der Waals surface area contributed by atoms with E-state index < -0.39 is 0 Å². The molecule has 2 aliphatic carbocycles. The highest BCUT2D eigenvalue weighted by Gasteiger charge is 2.40. The minimum absolute atomic E-state index is 0.331. The average molecular weight is 395 g/mol. The van der Waals surface area contributed by atoms with Crippen molar-refractivity contribution in [2.45, 2.75) is 90.3 Å². The van der Waals surface area contributed by atoms with Crippen LogP contribution in [-0.2, 0) is 18.9 Å². The second kappa shape index (κ2) is 9.32. The molecule has 2 heterocycles. The normalized spacial score (nSPS) is 37.1. The second-order valence-electron chi connectivity index (χ2n) is 10.4. The number of rotatable bonds is 9. The van der Waals surface area contributed by atoms with Crippen LogP contribution < -0.4 is 0 Å². The number of ether oxygens (including phenoxy) is 4. The van der Waals surface area contributed by atoms with Gasteiger partial charge in [-0.2, -0.15) is 0 Å². The first-order chi connectivity index (χ1) is 13.7. The summed E-state index contributed by atoms with van der Waals surface area (Å²) in [4.78, 5) is 0. The molecule has 2 saturated carbocycles. The molecule has 0 N–H and O–H groups in total. The lowest BCUT2D eigenvalue weighted by molar-refractivity contribution is -0.166. The molecular weight excluding hydrogens is 352 g/mol. The van der Waals surface area contributed by atoms with Crippen LogP contribution in [0.4, 0.5) is 0 Å². The Kier molecular flexibility index (Phi) is 7.02. The first-order valence-corrected chi connectivity index (χ1v) is 12.0. The van der Waals surface area contributed by atoms with Gasteiger partial charge in [-0.15, -0.1) is 0 Å². The molecule has 4 nitrogen and oxygen atoms in total. The Balaban J connectivity index is 1.11. The van der Waals surface area contributed by atoms with Gasteiger partial charge in [0.05, 0.1) is 51.8 Å². The van der Waals surface area contributed by atoms with E-state index in [9.17, 15) is 0 Å². The van der Waals surface area contributed by atoms with Crippen molar-refractivity contribution in [1.82, 2.24) is 0 Å². The predicted molar refractivity (Wildman–Crippen MR) is 110 cm³/mol. The van der Waals surface area contributed by atoms with Gasteiger partial charge >= 0.3 is 0 Å². The van der Waals surface area contributed by atoms with Gasteiger partial charge in [0.15, 0.2) is 0 Å². The highest BCUT2D eigenvalue weighted by Crippen LogP contribution is 2.41. The second-order valence-corrected chi connectivity index (χ2v) is 10.4. The van der Waals surface area contributed by atoms with E-state index in [1.807, 2.05) is 0 Å². The molecule has 0 amide bonds. The highest BCUT2D eigenvalue weighted by atomic mass is 16.5. The topological polar surface area (TPSA) is 36.9 Å². The van der Waals surface area contributed by atoms with Crippen molar-refractivity contribution in [3.05, 3.63) is 0 Å². The third-order valence-corrected chi connectivity index (χ3v) is 8.49. The van der Waals surface area contributed by atoms with Crippen molar-refractivity contribution in [2.24, 2.45) is 22.7 Å². The van der Waals surface area contributed by atoms with Gasteiger partial charge in [0, 0.05) is 10.8 Å². The minimum Gasteiger partial charge on any atom is -0.380 e. The summed E-state index contributed by atoms with van der Waals surface area (Å²) in [7, 11) is 0. The van der Waals surface area contributed by atoms with Crippen LogP contribution in [0.25, 0.3) is 0 Å². The van der Waals surface area contributed by atoms with Crippen molar-refractivity contribution >= 4 is 0 Å². The molecule has 0 atom stereocenters. The van der Waals surface area contributed by atoms with Crippen LogP contribution in [0.3, 0.4) is 0 Å². The molecule has 0 unspecified atom stereocenters. The summed E-state index contributed by atoms with van der Waals surface area (Å²) in [5, 5.41) is 0. The smallest absolute Gasteiger partial charge is 0.0575 e. The van der Waals surface area contributed by atoms with Gasteiger partial charge in [-0.25, -0.2) is 0 Å². The van der Waals surface area contributed by atoms with Gasteiger partial charge in [0.1, 0.15) is 0 Å². The van der Waals surface area contributed by atoms with E-state index in [2.05, 4.69) is 13.8 Å². The maximum Gasteiger partial charge on any atom is 0.0575 e. The molecule has 2 saturated heterocycles. The zero-order valence-corrected chi connectivity index (χ0v) is 18.3. The first-order valence-electron chi connectivity index (χ1n) is 12.0. The predicted octanol–water partition coefficient (Wildman–Crippen LogP) is 4.99. The van der Waals surface area contributed by atoms with Crippen molar-refractivity contribution in [3.63, 3.8) is 0 Å². The van der Waals surface area contributed by atoms with E-state index in [-0.39, 0.29) is 0 Å². The van der Waals surface area contributed by atoms with Crippen LogP contribution in [-0.4, -0.2) is 51.8 Å². The summed E-state index contributed by atoms with van der Waals surface area (Å²) in [6.07, 6.45) is 13.9. The lowest BCUT2D eigenvalue weighted by Crippen LogP contribution is -2.47. The number of hydrogen-bond donors (Lipinski definition) is 0. The van der Waals surface area contributed by atoms with Crippen LogP contribution in [0, 0.1) is 22.7 Å². The zero-order valence-electron chi connectivity index (χ0n) is 18.3. The molecule has 0 radical (unpaired) electrons. The van der Waals surface area contributed by atoms with E-state index >= 15 is 0 Å². The molecule has 0 aromatic rings. The first kappa shape index (κ1) is 21.1. The van der Waals surface area contributed by atoms with Gasteiger partial charge in [-0.1, -0.05) is 13.8 Å². The Labute approximate surface area is 172 Å². The van der Waals surface area contributed by atoms with Gasteiger partial charge in [-0.05, 0) is 76.0 Å². The Bertz CT molecular complexity index is 414. The van der Waals surface area contributed by atoms with Crippen LogP contribution in [0.1, 0.15) is 78.1 Å². The van der Waals surface area contributed by atoms with E-state index in [0.717, 1.165) is 51.5 Å². The molecule has 4 rings (SSSR count). The average Bonchev–Trinajstić information content (AvgIpc) is 2.68. The third kappa shape index (κ3) is 4.77. The molecule has 2 aliphatic heterocycles. The fourth-order valence-corrected chi connectivity index (χ4v) is 5.60. The molecule has 0 aromatic heterocycles. The number of hydrogen-bond acceptors (Lipinski definition) is 4. The standard InChI is InChI=1S/C24H42O4/c1-3-23(13-25-14-23)17-27-21-9-5-19(6-10-21)20-7-11-22(12-8-20)28-18-24(4-2)15-26-16-24/h19-22H,3-18H2,1-2H3. The Morgan fingerprint density at radius 3 is 1.21 bits per heavy atom. The van der Waals surface area contributed by atoms with Crippen molar-refractivity contribution < 1.29 is 18.9 Å². The lowest BCUT2D eigenvalue weighted by atomic mass is 9.72. The summed E-state index contributed by atoms with van der Waals surface area (Å²) in [5.74, 6) is 1.85. The van der Waals surface area contributed by atoms with Crippen LogP contribution >= 0.6 is 0 Å². The SMILES string of the molecule is CCC1(COC2CCC(C3CCC(OCC4(CC)COC4)CC3)CC2)COC1. The summed E-state index contributed by atoms with van der Waals surface area (Å²) in [5.41, 5.74) is 0.661. The molecule has 4 heteroatoms. The summed E-state index contributed by atoms with van der Waals surface area (Å²) in [6.45, 7) is 9.95. The zero-order chi connectivity index (χ0) is 19.5. The van der Waals surface area contributed by atoms with Gasteiger partial charge in [0.2, 0.25) is 0 Å². The van der Waals surface area contributed by atoms with Crippen LogP contribution in [0.15, 0.2) is 0 Å². The summed E-state index contributed by atoms with van der Waals surface area (Å²) < 4.78 is 23.5. The fraction of sp³-hybridized carbons (Fsp3) is 1.00. The molecule has 4 fully saturated rings. The van der Waals surface area contributed by atoms with E-state index in [0.29, 0.717) is 23.0 Å². The molecule has 28 heavy (non-hydrogen) atoms. The summed E-state index contributed by atoms with van der Waals surface area (Å²) in [6, 6.07) is 0. The van der Waals surface area contributed by atoms with E-state index in [1.54, 1.807) is 0 Å². The quantitative estimate of drug-likeness (QED) is 0.552. The highest BCUT2D eigenvalue weighted by molar-refractivity contribution is 4.87. The largest absolute Gasteiger partial charge is 0.380 e. The van der Waals surface area contributed by atoms with Gasteiger partial charge in [-0.3, -0.25) is 0 Å². The Hall–Kier alpha value is -0.160. The minimum atomic E-state index is 0.331. The molecule has 0 aromatic carbocycles. The molecule has 0 bridgehead atoms. The van der Waals surface area contributed by atoms with Crippen molar-refractivity contribution in [3.8, 4) is 0 Å². The Morgan fingerprint density at radius 2 is 0.964 bits per heavy atom. The summed E-state index contributed by atoms with van der Waals surface area (Å²) >= 11 is 0. The van der Waals surface area contributed by atoms with E-state index in [1.165, 1.54) is 64.2 Å².